The molecule has 0 aliphatic rings. The van der Waals surface area contributed by atoms with Crippen LogP contribution in [0.1, 0.15) is 0 Å². The van der Waals surface area contributed by atoms with Crippen LogP contribution < -0.4 is 14.8 Å². The Kier molecular flexibility index (Phi) is 5.97. The SMILES string of the molecule is Fc1ccc(OCCNCCOc2ccc(F)cc2)cc1. The first-order valence-corrected chi connectivity index (χ1v) is 6.71. The first kappa shape index (κ1) is 15.3. The summed E-state index contributed by atoms with van der Waals surface area (Å²) in [5, 5.41) is 3.15. The van der Waals surface area contributed by atoms with Crippen LogP contribution in [0, 0.1) is 11.6 Å². The van der Waals surface area contributed by atoms with Crippen LogP contribution in [-0.2, 0) is 0 Å². The second kappa shape index (κ2) is 8.21. The molecule has 21 heavy (non-hydrogen) atoms. The zero-order valence-electron chi connectivity index (χ0n) is 11.5. The molecule has 3 nitrogen and oxygen atoms in total. The number of rotatable bonds is 8. The van der Waals surface area contributed by atoms with E-state index in [1.165, 1.54) is 24.3 Å². The third-order valence-corrected chi connectivity index (χ3v) is 2.72. The molecule has 0 saturated heterocycles. The lowest BCUT2D eigenvalue weighted by Crippen LogP contribution is -2.25. The third kappa shape index (κ3) is 5.79. The summed E-state index contributed by atoms with van der Waals surface area (Å²) in [7, 11) is 0. The van der Waals surface area contributed by atoms with Crippen LogP contribution in [-0.4, -0.2) is 26.3 Å². The smallest absolute Gasteiger partial charge is 0.123 e. The highest BCUT2D eigenvalue weighted by molar-refractivity contribution is 5.22. The maximum absolute atomic E-state index is 12.7. The predicted octanol–water partition coefficient (Wildman–Crippen LogP) is 3.01. The Morgan fingerprint density at radius 2 is 1.05 bits per heavy atom. The highest BCUT2D eigenvalue weighted by atomic mass is 19.1. The van der Waals surface area contributed by atoms with Gasteiger partial charge in [-0.25, -0.2) is 8.78 Å². The monoisotopic (exact) mass is 293 g/mol. The lowest BCUT2D eigenvalue weighted by atomic mass is 10.3. The van der Waals surface area contributed by atoms with Crippen molar-refractivity contribution in [3.8, 4) is 11.5 Å². The van der Waals surface area contributed by atoms with Crippen molar-refractivity contribution < 1.29 is 18.3 Å². The molecule has 5 heteroatoms. The van der Waals surface area contributed by atoms with E-state index in [1.54, 1.807) is 24.3 Å². The van der Waals surface area contributed by atoms with E-state index in [0.717, 1.165) is 0 Å². The highest BCUT2D eigenvalue weighted by Crippen LogP contribution is 2.11. The van der Waals surface area contributed by atoms with Crippen LogP contribution in [0.15, 0.2) is 48.5 Å². The fourth-order valence-electron chi connectivity index (χ4n) is 1.67. The topological polar surface area (TPSA) is 30.5 Å². The Balaban J connectivity index is 1.52. The maximum atomic E-state index is 12.7. The number of ether oxygens (including phenoxy) is 2. The van der Waals surface area contributed by atoms with E-state index in [0.29, 0.717) is 37.8 Å². The third-order valence-electron chi connectivity index (χ3n) is 2.72. The largest absolute Gasteiger partial charge is 0.492 e. The fourth-order valence-corrected chi connectivity index (χ4v) is 1.67. The molecule has 0 bridgehead atoms. The molecule has 2 aromatic carbocycles. The minimum atomic E-state index is -0.279. The molecule has 0 fully saturated rings. The standard InChI is InChI=1S/C16H17F2NO2/c17-13-1-5-15(6-2-13)20-11-9-19-10-12-21-16-7-3-14(18)4-8-16/h1-8,19H,9-12H2. The van der Waals surface area contributed by atoms with Gasteiger partial charge in [0.15, 0.2) is 0 Å². The van der Waals surface area contributed by atoms with Gasteiger partial charge in [0.25, 0.3) is 0 Å². The van der Waals surface area contributed by atoms with Crippen molar-refractivity contribution in [3.63, 3.8) is 0 Å². The van der Waals surface area contributed by atoms with Crippen molar-refractivity contribution in [2.24, 2.45) is 0 Å². The van der Waals surface area contributed by atoms with E-state index in [1.807, 2.05) is 0 Å². The lowest BCUT2D eigenvalue weighted by Gasteiger charge is -2.09. The van der Waals surface area contributed by atoms with Crippen LogP contribution in [0.3, 0.4) is 0 Å². The van der Waals surface area contributed by atoms with Gasteiger partial charge in [0.2, 0.25) is 0 Å². The quantitative estimate of drug-likeness (QED) is 0.759. The molecule has 2 rings (SSSR count). The van der Waals surface area contributed by atoms with E-state index in [-0.39, 0.29) is 11.6 Å². The van der Waals surface area contributed by atoms with E-state index < -0.39 is 0 Å². The van der Waals surface area contributed by atoms with Crippen molar-refractivity contribution in [2.75, 3.05) is 26.3 Å². The Morgan fingerprint density at radius 3 is 1.43 bits per heavy atom. The predicted molar refractivity (Wildman–Crippen MR) is 76.7 cm³/mol. The summed E-state index contributed by atoms with van der Waals surface area (Å²) in [6, 6.07) is 11.8. The van der Waals surface area contributed by atoms with Gasteiger partial charge in [-0.2, -0.15) is 0 Å². The molecule has 2 aromatic rings. The Hall–Kier alpha value is -2.14. The molecule has 1 N–H and O–H groups in total. The Labute approximate surface area is 122 Å². The van der Waals surface area contributed by atoms with E-state index in [4.69, 9.17) is 9.47 Å². The summed E-state index contributed by atoms with van der Waals surface area (Å²) >= 11 is 0. The van der Waals surface area contributed by atoms with Gasteiger partial charge in [0, 0.05) is 13.1 Å². The van der Waals surface area contributed by atoms with Gasteiger partial charge in [-0.1, -0.05) is 0 Å². The molecule has 0 aliphatic heterocycles. The molecule has 112 valence electrons. The van der Waals surface area contributed by atoms with E-state index in [9.17, 15) is 8.78 Å². The molecular weight excluding hydrogens is 276 g/mol. The molecule has 0 spiro atoms. The van der Waals surface area contributed by atoms with Crippen LogP contribution in [0.25, 0.3) is 0 Å². The van der Waals surface area contributed by atoms with Gasteiger partial charge in [0.1, 0.15) is 36.3 Å². The minimum absolute atomic E-state index is 0.279. The highest BCUT2D eigenvalue weighted by Gasteiger charge is 1.96. The number of hydrogen-bond acceptors (Lipinski definition) is 3. The average molecular weight is 293 g/mol. The van der Waals surface area contributed by atoms with Crippen LogP contribution in [0.2, 0.25) is 0 Å². The Bertz CT molecular complexity index is 479. The fraction of sp³-hybridized carbons (Fsp3) is 0.250. The van der Waals surface area contributed by atoms with Crippen molar-refractivity contribution in [3.05, 3.63) is 60.2 Å². The molecule has 0 saturated carbocycles. The first-order valence-electron chi connectivity index (χ1n) is 6.71. The number of nitrogens with one attached hydrogen (secondary N) is 1. The van der Waals surface area contributed by atoms with E-state index >= 15 is 0 Å². The van der Waals surface area contributed by atoms with Crippen LogP contribution in [0.4, 0.5) is 8.78 Å². The summed E-state index contributed by atoms with van der Waals surface area (Å²) in [4.78, 5) is 0. The molecule has 0 unspecified atom stereocenters. The second-order valence-electron chi connectivity index (χ2n) is 4.35. The van der Waals surface area contributed by atoms with Gasteiger partial charge in [0.05, 0.1) is 0 Å². The number of benzene rings is 2. The molecular formula is C16H17F2NO2. The average Bonchev–Trinajstić information content (AvgIpc) is 2.50. The molecule has 0 radical (unpaired) electrons. The zero-order valence-corrected chi connectivity index (χ0v) is 11.5. The van der Waals surface area contributed by atoms with Gasteiger partial charge in [-0.05, 0) is 48.5 Å². The summed E-state index contributed by atoms with van der Waals surface area (Å²) in [6.07, 6.45) is 0. The lowest BCUT2D eigenvalue weighted by molar-refractivity contribution is 0.288. The van der Waals surface area contributed by atoms with Crippen molar-refractivity contribution >= 4 is 0 Å². The summed E-state index contributed by atoms with van der Waals surface area (Å²) in [5.41, 5.74) is 0. The van der Waals surface area contributed by atoms with Crippen LogP contribution in [0.5, 0.6) is 11.5 Å². The van der Waals surface area contributed by atoms with Gasteiger partial charge >= 0.3 is 0 Å². The summed E-state index contributed by atoms with van der Waals surface area (Å²) in [6.45, 7) is 2.29. The normalized spacial score (nSPS) is 10.4. The Morgan fingerprint density at radius 1 is 0.667 bits per heavy atom. The second-order valence-corrected chi connectivity index (χ2v) is 4.35. The van der Waals surface area contributed by atoms with Crippen molar-refractivity contribution in [1.29, 1.82) is 0 Å². The molecule has 0 aromatic heterocycles. The molecule has 0 heterocycles. The zero-order chi connectivity index (χ0) is 14.9. The minimum Gasteiger partial charge on any atom is -0.492 e. The first-order chi connectivity index (χ1) is 10.2. The number of hydrogen-bond donors (Lipinski definition) is 1. The van der Waals surface area contributed by atoms with Crippen LogP contribution >= 0.6 is 0 Å². The summed E-state index contributed by atoms with van der Waals surface area (Å²) < 4.78 is 36.2. The van der Waals surface area contributed by atoms with E-state index in [2.05, 4.69) is 5.32 Å². The van der Waals surface area contributed by atoms with Crippen molar-refractivity contribution in [2.45, 2.75) is 0 Å². The molecule has 0 atom stereocenters. The molecule has 0 aliphatic carbocycles. The summed E-state index contributed by atoms with van der Waals surface area (Å²) in [5.74, 6) is 0.721. The van der Waals surface area contributed by atoms with Gasteiger partial charge in [-0.15, -0.1) is 0 Å². The van der Waals surface area contributed by atoms with Gasteiger partial charge < -0.3 is 14.8 Å². The molecule has 0 amide bonds. The number of halogens is 2. The maximum Gasteiger partial charge on any atom is 0.123 e. The van der Waals surface area contributed by atoms with Gasteiger partial charge in [-0.3, -0.25) is 0 Å². The van der Waals surface area contributed by atoms with Crippen molar-refractivity contribution in [1.82, 2.24) is 5.32 Å².